The molecule has 11 rings (SSSR count). The number of aromatic nitrogens is 1. The standard InChI is InChI=1S/C74H74N10O12S2/c1-44(2)69(82-71(88)48-33-65-79-66(34-48)81-68(86)26-30-98-56-16-13-11-9-7-8-10-12-15-55(35-56)97-29-25-67(85)80-65)72(89)77-45(3)70(87)78-51-21-17-46(18-22-51)49-31-52-40-75-59-38-63(61(93-5)36-57(59)73(90)83(52)42-49)95-27-14-28-96-64-39-60-58(37-62(64)94-6)74(91)84-43-50(32-53(84)41-76-60)47-19-23-54(92-4)24-20-47/h7-13,15-24,33-45,52-53,69H,14,25-32H2,1-6H3,(H,77,89)(H,78,87)(H,82,88)(H2,79,80,81,85,86)/b8-7-,9-7?,10-8?,11-9-,12-10-,13-11?,15-12?,16-13+,55-15?,55-35?,56-16?,56-35?/t45-,52-,53-,69-/m0/s1. The van der Waals surface area contributed by atoms with E-state index >= 15 is 0 Å². The first kappa shape index (κ1) is 68.7. The Morgan fingerprint density at radius 2 is 1.12 bits per heavy atom. The number of allylic oxidation sites excluding steroid dienone is 10. The number of rotatable bonds is 18. The molecule has 22 nitrogen and oxygen atoms in total. The number of carbonyl (C=O) groups excluding carboxylic acids is 7. The van der Waals surface area contributed by atoms with Crippen LogP contribution in [0, 0.1) is 5.92 Å². The quantitative estimate of drug-likeness (QED) is 0.0510. The van der Waals surface area contributed by atoms with Crippen molar-refractivity contribution in [2.75, 3.05) is 62.0 Å². The maximum Gasteiger partial charge on any atom is 0.260 e. The van der Waals surface area contributed by atoms with Gasteiger partial charge in [-0.05, 0) is 102 Å². The van der Waals surface area contributed by atoms with Crippen LogP contribution in [-0.2, 0) is 19.2 Å². The Kier molecular flexibility index (Phi) is 22.3. The minimum atomic E-state index is -1.10. The summed E-state index contributed by atoms with van der Waals surface area (Å²) in [5.74, 6) is -0.124. The lowest BCUT2D eigenvalue weighted by Crippen LogP contribution is -2.53. The van der Waals surface area contributed by atoms with Gasteiger partial charge in [-0.3, -0.25) is 43.5 Å². The van der Waals surface area contributed by atoms with Crippen LogP contribution >= 0.6 is 23.5 Å². The number of benzene rings is 4. The minimum absolute atomic E-state index is 0.0281. The van der Waals surface area contributed by atoms with Gasteiger partial charge in [-0.1, -0.05) is 80.6 Å². The Labute approximate surface area is 576 Å². The van der Waals surface area contributed by atoms with Crippen LogP contribution in [0.3, 0.4) is 0 Å². The molecule has 0 unspecified atom stereocenters. The molecular formula is C74H74N10O12S2. The number of pyridine rings is 1. The van der Waals surface area contributed by atoms with Crippen molar-refractivity contribution in [3.8, 4) is 28.7 Å². The van der Waals surface area contributed by atoms with E-state index in [4.69, 9.17) is 33.7 Å². The molecule has 98 heavy (non-hydrogen) atoms. The van der Waals surface area contributed by atoms with Crippen molar-refractivity contribution in [1.29, 1.82) is 0 Å². The Balaban J connectivity index is 0.661. The fourth-order valence-corrected chi connectivity index (χ4v) is 13.2. The summed E-state index contributed by atoms with van der Waals surface area (Å²) in [6.07, 6.45) is 28.4. The lowest BCUT2D eigenvalue weighted by Gasteiger charge is -2.24. The number of nitrogens with zero attached hydrogens (tertiary/aromatic N) is 5. The fourth-order valence-electron chi connectivity index (χ4n) is 11.3. The normalized spacial score (nSPS) is 19.3. The number of fused-ring (bicyclic) bond motifs is 7. The monoisotopic (exact) mass is 1360 g/mol. The Morgan fingerprint density at radius 3 is 1.65 bits per heavy atom. The molecule has 0 saturated heterocycles. The van der Waals surface area contributed by atoms with Gasteiger partial charge in [0.15, 0.2) is 23.0 Å². The number of nitrogens with one attached hydrogen (secondary N) is 5. The number of methoxy groups -OCH3 is 3. The summed E-state index contributed by atoms with van der Waals surface area (Å²) in [6.45, 7) is 5.50. The average molecular weight is 1360 g/mol. The Morgan fingerprint density at radius 1 is 0.602 bits per heavy atom. The molecule has 4 atom stereocenters. The van der Waals surface area contributed by atoms with Gasteiger partial charge in [0.2, 0.25) is 23.6 Å². The van der Waals surface area contributed by atoms with E-state index in [-0.39, 0.29) is 79.0 Å². The fraction of sp³-hybridized carbons (Fsp3) is 0.270. The van der Waals surface area contributed by atoms with Crippen LogP contribution in [-0.4, -0.2) is 139 Å². The van der Waals surface area contributed by atoms with Crippen molar-refractivity contribution in [2.45, 2.75) is 77.0 Å². The second kappa shape index (κ2) is 31.9. The van der Waals surface area contributed by atoms with Gasteiger partial charge >= 0.3 is 0 Å². The van der Waals surface area contributed by atoms with E-state index in [2.05, 4.69) is 31.6 Å². The summed E-state index contributed by atoms with van der Waals surface area (Å²) in [6, 6.07) is 21.5. The molecule has 0 fully saturated rings. The Bertz CT molecular complexity index is 4240. The van der Waals surface area contributed by atoms with Crippen LogP contribution < -0.4 is 50.3 Å². The summed E-state index contributed by atoms with van der Waals surface area (Å²) in [4.78, 5) is 115. The second-order valence-corrected chi connectivity index (χ2v) is 26.0. The zero-order valence-corrected chi connectivity index (χ0v) is 56.5. The molecule has 6 heterocycles. The molecule has 5 N–H and O–H groups in total. The summed E-state index contributed by atoms with van der Waals surface area (Å²) in [5, 5.41) is 13.9. The maximum atomic E-state index is 14.3. The SMILES string of the molecule is COc1ccc(C2=CN3C(=O)c4cc(OC)c(OCCCOc5cc6c(cc5OC)C(=O)N5C=C(c7ccc(NC(=O)[C@H](C)NC(=O)[C@@H](NC(=O)c8cc9nc(c8)NC(=O)CCSC8=CC(=C\C=C/C=C\C=C/C=C/8)SCCC(=O)N9)C(C)C)cc7)C[C@H]5C=N6)cc4N=C[C@@H]3C2)cc1. The largest absolute Gasteiger partial charge is 0.497 e. The molecule has 0 spiro atoms. The third-order valence-corrected chi connectivity index (χ3v) is 18.5. The van der Waals surface area contributed by atoms with E-state index in [1.165, 1.54) is 56.8 Å². The van der Waals surface area contributed by atoms with E-state index in [1.54, 1.807) is 85.8 Å². The van der Waals surface area contributed by atoms with Gasteiger partial charge in [0.1, 0.15) is 29.5 Å². The third-order valence-electron chi connectivity index (χ3n) is 16.5. The summed E-state index contributed by atoms with van der Waals surface area (Å²) < 4.78 is 29.1. The van der Waals surface area contributed by atoms with Gasteiger partial charge in [-0.15, -0.1) is 23.5 Å². The smallest absolute Gasteiger partial charge is 0.260 e. The average Bonchev–Trinajstić information content (AvgIpc) is 1.62. The predicted octanol–water partition coefficient (Wildman–Crippen LogP) is 11.9. The molecule has 4 aromatic carbocycles. The number of amides is 7. The molecule has 0 saturated carbocycles. The van der Waals surface area contributed by atoms with Crippen LogP contribution in [0.1, 0.15) is 95.1 Å². The number of anilines is 3. The molecule has 7 amide bonds. The van der Waals surface area contributed by atoms with Crippen LogP contribution in [0.2, 0.25) is 0 Å². The first-order valence-electron chi connectivity index (χ1n) is 32.0. The zero-order valence-electron chi connectivity index (χ0n) is 54.9. The number of hydrogen-bond donors (Lipinski definition) is 5. The van der Waals surface area contributed by atoms with E-state index in [0.29, 0.717) is 82.0 Å². The molecule has 24 heteroatoms. The van der Waals surface area contributed by atoms with Gasteiger partial charge in [0.25, 0.3) is 17.7 Å². The molecule has 504 valence electrons. The van der Waals surface area contributed by atoms with Crippen LogP contribution in [0.25, 0.3) is 11.1 Å². The first-order chi connectivity index (χ1) is 47.5. The highest BCUT2D eigenvalue weighted by Gasteiger charge is 2.36. The van der Waals surface area contributed by atoms with E-state index in [9.17, 15) is 33.6 Å². The number of aliphatic imine (C=N–C) groups is 2. The van der Waals surface area contributed by atoms with Crippen molar-refractivity contribution in [3.05, 3.63) is 196 Å². The van der Waals surface area contributed by atoms with Crippen LogP contribution in [0.5, 0.6) is 28.7 Å². The Hall–Kier alpha value is -10.7. The summed E-state index contributed by atoms with van der Waals surface area (Å²) in [7, 11) is 4.64. The highest BCUT2D eigenvalue weighted by atomic mass is 32.2. The molecule has 0 radical (unpaired) electrons. The molecular weight excluding hydrogens is 1290 g/mol. The molecule has 1 aromatic heterocycles. The van der Waals surface area contributed by atoms with E-state index < -0.39 is 35.7 Å². The molecule has 6 aliphatic rings. The van der Waals surface area contributed by atoms with Crippen molar-refractivity contribution >= 4 is 117 Å². The highest BCUT2D eigenvalue weighted by Crippen LogP contribution is 2.43. The van der Waals surface area contributed by atoms with Crippen molar-refractivity contribution in [1.82, 2.24) is 25.4 Å². The topological polar surface area (TPSA) is 270 Å². The molecule has 1 aliphatic carbocycles. The van der Waals surface area contributed by atoms with Gasteiger partial charge in [0.05, 0.1) is 69.1 Å². The number of ether oxygens (including phenoxy) is 5. The number of hydrogen-bond acceptors (Lipinski definition) is 17. The predicted molar refractivity (Wildman–Crippen MR) is 383 cm³/mol. The van der Waals surface area contributed by atoms with Gasteiger partial charge in [0, 0.05) is 102 Å². The van der Waals surface area contributed by atoms with Gasteiger partial charge in [-0.2, -0.15) is 0 Å². The zero-order chi connectivity index (χ0) is 68.8. The lowest BCUT2D eigenvalue weighted by atomic mass is 10.0. The first-order valence-corrected chi connectivity index (χ1v) is 34.0. The van der Waals surface area contributed by atoms with Gasteiger partial charge in [-0.25, -0.2) is 4.98 Å². The highest BCUT2D eigenvalue weighted by molar-refractivity contribution is 8.04. The molecule has 5 aliphatic heterocycles. The second-order valence-electron chi connectivity index (χ2n) is 23.7. The number of thioether (sulfide) groups is 2. The van der Waals surface area contributed by atoms with E-state index in [0.717, 1.165) is 37.8 Å². The maximum absolute atomic E-state index is 14.3. The van der Waals surface area contributed by atoms with E-state index in [1.807, 2.05) is 103 Å². The minimum Gasteiger partial charge on any atom is -0.497 e. The molecule has 5 aromatic rings. The van der Waals surface area contributed by atoms with Crippen molar-refractivity contribution in [2.24, 2.45) is 15.9 Å². The lowest BCUT2D eigenvalue weighted by molar-refractivity contribution is -0.128. The van der Waals surface area contributed by atoms with Crippen LogP contribution in [0.15, 0.2) is 178 Å². The van der Waals surface area contributed by atoms with Crippen LogP contribution in [0.4, 0.5) is 28.7 Å². The number of carbonyl (C=O) groups is 7. The molecule has 4 bridgehead atoms. The van der Waals surface area contributed by atoms with Crippen molar-refractivity contribution in [3.63, 3.8) is 0 Å². The summed E-state index contributed by atoms with van der Waals surface area (Å²) >= 11 is 3.01. The van der Waals surface area contributed by atoms with Crippen molar-refractivity contribution < 1.29 is 57.2 Å². The third kappa shape index (κ3) is 16.9. The summed E-state index contributed by atoms with van der Waals surface area (Å²) in [5.41, 5.74) is 5.82. The van der Waals surface area contributed by atoms with Gasteiger partial charge < -0.3 is 60.1 Å².